The molecule has 0 spiro atoms. The minimum Gasteiger partial charge on any atom is -0.497 e. The molecule has 0 aliphatic carbocycles. The minimum absolute atomic E-state index is 0.245. The number of aromatic nitrogens is 2. The molecule has 0 saturated carbocycles. The van der Waals surface area contributed by atoms with Crippen LogP contribution in [0.1, 0.15) is 25.7 Å². The van der Waals surface area contributed by atoms with Crippen molar-refractivity contribution in [2.24, 2.45) is 11.7 Å². The number of amides is 1. The summed E-state index contributed by atoms with van der Waals surface area (Å²) in [6, 6.07) is 8.09. The summed E-state index contributed by atoms with van der Waals surface area (Å²) in [5.41, 5.74) is 6.10. The van der Waals surface area contributed by atoms with E-state index in [4.69, 9.17) is 15.0 Å². The van der Waals surface area contributed by atoms with Crippen molar-refractivity contribution in [2.45, 2.75) is 25.7 Å². The third-order valence-corrected chi connectivity index (χ3v) is 4.33. The topological polar surface area (TPSA) is 94.5 Å². The van der Waals surface area contributed by atoms with E-state index in [1.807, 2.05) is 24.3 Å². The molecule has 3 rings (SSSR count). The van der Waals surface area contributed by atoms with Crippen LogP contribution in [0, 0.1) is 5.92 Å². The Kier molecular flexibility index (Phi) is 4.98. The molecular formula is C17H22N4O3. The lowest BCUT2D eigenvalue weighted by molar-refractivity contribution is -0.118. The summed E-state index contributed by atoms with van der Waals surface area (Å²) < 4.78 is 10.7. The van der Waals surface area contributed by atoms with Gasteiger partial charge in [0.15, 0.2) is 0 Å². The number of piperidine rings is 1. The second-order valence-electron chi connectivity index (χ2n) is 6.09. The highest BCUT2D eigenvalue weighted by atomic mass is 16.5. The van der Waals surface area contributed by atoms with Gasteiger partial charge in [0.25, 0.3) is 0 Å². The van der Waals surface area contributed by atoms with Gasteiger partial charge in [0.05, 0.1) is 7.11 Å². The van der Waals surface area contributed by atoms with Crippen LogP contribution >= 0.6 is 0 Å². The van der Waals surface area contributed by atoms with E-state index < -0.39 is 0 Å². The maximum atomic E-state index is 11.0. The van der Waals surface area contributed by atoms with Gasteiger partial charge in [-0.1, -0.05) is 17.3 Å². The van der Waals surface area contributed by atoms with Gasteiger partial charge in [-0.15, -0.1) is 0 Å². The summed E-state index contributed by atoms with van der Waals surface area (Å²) in [5.74, 6) is 1.48. The van der Waals surface area contributed by atoms with Gasteiger partial charge in [0, 0.05) is 25.1 Å². The summed E-state index contributed by atoms with van der Waals surface area (Å²) in [5, 5.41) is 4.08. The van der Waals surface area contributed by atoms with Gasteiger partial charge in [-0.05, 0) is 37.3 Å². The van der Waals surface area contributed by atoms with Crippen molar-refractivity contribution in [3.63, 3.8) is 0 Å². The average Bonchev–Trinajstić information content (AvgIpc) is 3.10. The first kappa shape index (κ1) is 16.3. The first-order valence-corrected chi connectivity index (χ1v) is 8.17. The number of ether oxygens (including phenoxy) is 1. The molecule has 0 unspecified atom stereocenters. The Bertz CT molecular complexity index is 701. The fourth-order valence-corrected chi connectivity index (χ4v) is 3.04. The van der Waals surface area contributed by atoms with Gasteiger partial charge in [-0.2, -0.15) is 4.98 Å². The average molecular weight is 330 g/mol. The molecule has 1 amide bonds. The Morgan fingerprint density at radius 3 is 3.17 bits per heavy atom. The van der Waals surface area contributed by atoms with Crippen molar-refractivity contribution in [2.75, 3.05) is 25.1 Å². The van der Waals surface area contributed by atoms with Crippen LogP contribution in [0.4, 0.5) is 6.01 Å². The van der Waals surface area contributed by atoms with Crippen molar-refractivity contribution >= 4 is 11.9 Å². The molecule has 2 N–H and O–H groups in total. The third kappa shape index (κ3) is 3.84. The number of carbonyl (C=O) groups is 1. The Morgan fingerprint density at radius 2 is 2.38 bits per heavy atom. The third-order valence-electron chi connectivity index (χ3n) is 4.33. The molecule has 2 aromatic rings. The molecule has 24 heavy (non-hydrogen) atoms. The van der Waals surface area contributed by atoms with Gasteiger partial charge in [-0.25, -0.2) is 0 Å². The lowest BCUT2D eigenvalue weighted by Gasteiger charge is -2.31. The summed E-state index contributed by atoms with van der Waals surface area (Å²) in [6.45, 7) is 1.69. The van der Waals surface area contributed by atoms with Crippen LogP contribution in [0.2, 0.25) is 0 Å². The van der Waals surface area contributed by atoms with E-state index >= 15 is 0 Å². The number of nitrogens with two attached hydrogens (primary N) is 1. The molecule has 0 radical (unpaired) electrons. The molecule has 0 bridgehead atoms. The van der Waals surface area contributed by atoms with E-state index in [-0.39, 0.29) is 5.91 Å². The molecule has 1 aliphatic heterocycles. The van der Waals surface area contributed by atoms with Gasteiger partial charge >= 0.3 is 6.01 Å². The predicted molar refractivity (Wildman–Crippen MR) is 89.7 cm³/mol. The second-order valence-corrected chi connectivity index (χ2v) is 6.09. The molecule has 1 saturated heterocycles. The molecule has 2 heterocycles. The number of primary amides is 1. The monoisotopic (exact) mass is 330 g/mol. The maximum Gasteiger partial charge on any atom is 0.324 e. The molecular weight excluding hydrogens is 308 g/mol. The van der Waals surface area contributed by atoms with Gasteiger partial charge in [-0.3, -0.25) is 4.79 Å². The summed E-state index contributed by atoms with van der Waals surface area (Å²) >= 11 is 0. The fraction of sp³-hybridized carbons (Fsp3) is 0.471. The molecule has 1 aromatic heterocycles. The maximum absolute atomic E-state index is 11.0. The van der Waals surface area contributed by atoms with E-state index in [2.05, 4.69) is 15.0 Å². The number of carbonyl (C=O) groups excluding carboxylic acids is 1. The van der Waals surface area contributed by atoms with Crippen LogP contribution in [-0.4, -0.2) is 36.2 Å². The van der Waals surface area contributed by atoms with Crippen LogP contribution in [0.5, 0.6) is 5.75 Å². The molecule has 7 nitrogen and oxygen atoms in total. The van der Waals surface area contributed by atoms with Crippen LogP contribution < -0.4 is 15.4 Å². The van der Waals surface area contributed by atoms with Crippen molar-refractivity contribution in [1.82, 2.24) is 10.1 Å². The van der Waals surface area contributed by atoms with E-state index in [0.717, 1.165) is 43.7 Å². The molecule has 1 aliphatic rings. The number of benzene rings is 1. The zero-order valence-electron chi connectivity index (χ0n) is 13.8. The first-order chi connectivity index (χ1) is 11.7. The zero-order valence-corrected chi connectivity index (χ0v) is 13.8. The summed E-state index contributed by atoms with van der Waals surface area (Å²) in [7, 11) is 1.63. The van der Waals surface area contributed by atoms with Crippen LogP contribution in [-0.2, 0) is 4.79 Å². The highest BCUT2D eigenvalue weighted by Gasteiger charge is 2.24. The molecule has 7 heteroatoms. The first-order valence-electron chi connectivity index (χ1n) is 8.17. The van der Waals surface area contributed by atoms with E-state index in [0.29, 0.717) is 24.2 Å². The molecule has 1 aromatic carbocycles. The highest BCUT2D eigenvalue weighted by Crippen LogP contribution is 2.27. The summed E-state index contributed by atoms with van der Waals surface area (Å²) in [6.07, 6.45) is 3.38. The Labute approximate surface area is 140 Å². The number of rotatable bonds is 6. The Balaban J connectivity index is 1.69. The lowest BCUT2D eigenvalue weighted by atomic mass is 9.93. The Hall–Kier alpha value is -2.57. The molecule has 1 fully saturated rings. The normalized spacial score (nSPS) is 17.7. The lowest BCUT2D eigenvalue weighted by Crippen LogP contribution is -2.36. The molecule has 128 valence electrons. The SMILES string of the molecule is COc1cccc(-c2noc(N3CCC[C@H](CCC(N)=O)C3)n2)c1. The number of hydrogen-bond donors (Lipinski definition) is 1. The molecule has 1 atom stereocenters. The zero-order chi connectivity index (χ0) is 16.9. The number of hydrogen-bond acceptors (Lipinski definition) is 6. The van der Waals surface area contributed by atoms with E-state index in [9.17, 15) is 4.79 Å². The number of nitrogens with zero attached hydrogens (tertiary/aromatic N) is 3. The van der Waals surface area contributed by atoms with Gasteiger partial charge < -0.3 is 19.9 Å². The second kappa shape index (κ2) is 7.33. The summed E-state index contributed by atoms with van der Waals surface area (Å²) in [4.78, 5) is 17.6. The Morgan fingerprint density at radius 1 is 1.50 bits per heavy atom. The van der Waals surface area contributed by atoms with Crippen LogP contribution in [0.25, 0.3) is 11.4 Å². The predicted octanol–water partition coefficient (Wildman–Crippen LogP) is 2.23. The smallest absolute Gasteiger partial charge is 0.324 e. The standard InChI is InChI=1S/C17H22N4O3/c1-23-14-6-2-5-13(10-14)16-19-17(24-20-16)21-9-3-4-12(11-21)7-8-15(18)22/h2,5-6,10,12H,3-4,7-9,11H2,1H3,(H2,18,22)/t12-/m1/s1. The fourth-order valence-electron chi connectivity index (χ4n) is 3.04. The van der Waals surface area contributed by atoms with Crippen LogP contribution in [0.3, 0.4) is 0 Å². The quantitative estimate of drug-likeness (QED) is 0.873. The van der Waals surface area contributed by atoms with Gasteiger partial charge in [0.1, 0.15) is 5.75 Å². The van der Waals surface area contributed by atoms with Crippen molar-refractivity contribution in [1.29, 1.82) is 0 Å². The number of methoxy groups -OCH3 is 1. The van der Waals surface area contributed by atoms with Crippen molar-refractivity contribution in [3.05, 3.63) is 24.3 Å². The van der Waals surface area contributed by atoms with Crippen molar-refractivity contribution in [3.8, 4) is 17.1 Å². The van der Waals surface area contributed by atoms with Crippen LogP contribution in [0.15, 0.2) is 28.8 Å². The van der Waals surface area contributed by atoms with Crippen molar-refractivity contribution < 1.29 is 14.1 Å². The van der Waals surface area contributed by atoms with Gasteiger partial charge in [0.2, 0.25) is 11.7 Å². The van der Waals surface area contributed by atoms with E-state index in [1.165, 1.54) is 0 Å². The minimum atomic E-state index is -0.245. The van der Waals surface area contributed by atoms with E-state index in [1.54, 1.807) is 7.11 Å². The highest BCUT2D eigenvalue weighted by molar-refractivity contribution is 5.73. The number of anilines is 1. The largest absolute Gasteiger partial charge is 0.497 e.